The molecular formula is C7H7F3N4S. The van der Waals surface area contributed by atoms with Crippen molar-refractivity contribution in [3.8, 4) is 0 Å². The van der Waals surface area contributed by atoms with Crippen LogP contribution >= 0.6 is 11.3 Å². The lowest BCUT2D eigenvalue weighted by Crippen LogP contribution is -2.05. The van der Waals surface area contributed by atoms with Crippen molar-refractivity contribution in [1.29, 1.82) is 0 Å². The van der Waals surface area contributed by atoms with Gasteiger partial charge in [0.2, 0.25) is 9.97 Å². The van der Waals surface area contributed by atoms with Gasteiger partial charge in [0.15, 0.2) is 0 Å². The molecule has 8 heteroatoms. The molecule has 2 rings (SSSR count). The van der Waals surface area contributed by atoms with Crippen LogP contribution < -0.4 is 5.73 Å². The van der Waals surface area contributed by atoms with Gasteiger partial charge in [0.1, 0.15) is 0 Å². The highest BCUT2D eigenvalue weighted by Crippen LogP contribution is 2.32. The maximum Gasteiger partial charge on any atom is 0.445 e. The average Bonchev–Trinajstić information content (AvgIpc) is 2.59. The molecule has 0 saturated heterocycles. The topological polar surface area (TPSA) is 56.2 Å². The minimum Gasteiger partial charge on any atom is -0.330 e. The van der Waals surface area contributed by atoms with Gasteiger partial charge in [-0.05, 0) is 6.54 Å². The number of aromatic nitrogens is 3. The normalized spacial score (nSPS) is 12.5. The molecule has 15 heavy (non-hydrogen) atoms. The number of halogens is 3. The van der Waals surface area contributed by atoms with Crippen LogP contribution in [0.25, 0.3) is 4.96 Å². The van der Waals surface area contributed by atoms with Crippen LogP contribution in [0.4, 0.5) is 13.2 Å². The van der Waals surface area contributed by atoms with Gasteiger partial charge in [0, 0.05) is 6.42 Å². The number of nitrogens with zero attached hydrogens (tertiary/aromatic N) is 3. The van der Waals surface area contributed by atoms with Crippen LogP contribution in [0.5, 0.6) is 0 Å². The van der Waals surface area contributed by atoms with E-state index in [1.54, 1.807) is 0 Å². The number of fused-ring (bicyclic) bond motifs is 1. The number of rotatable bonds is 2. The fraction of sp³-hybridized carbons (Fsp3) is 0.429. The zero-order valence-electron chi connectivity index (χ0n) is 7.45. The fourth-order valence-electron chi connectivity index (χ4n) is 1.13. The van der Waals surface area contributed by atoms with E-state index in [-0.39, 0.29) is 4.96 Å². The Balaban J connectivity index is 2.38. The van der Waals surface area contributed by atoms with E-state index in [4.69, 9.17) is 5.73 Å². The largest absolute Gasteiger partial charge is 0.445 e. The predicted octanol–water partition coefficient (Wildman–Crippen LogP) is 1.31. The third-order valence-corrected chi connectivity index (χ3v) is 2.70. The van der Waals surface area contributed by atoms with Crippen molar-refractivity contribution in [3.05, 3.63) is 16.9 Å². The summed E-state index contributed by atoms with van der Waals surface area (Å²) in [5, 5.41) is 2.51. The van der Waals surface area contributed by atoms with Gasteiger partial charge in [-0.3, -0.25) is 0 Å². The molecule has 0 aliphatic heterocycles. The minimum absolute atomic E-state index is 0.241. The quantitative estimate of drug-likeness (QED) is 0.855. The van der Waals surface area contributed by atoms with E-state index in [0.717, 1.165) is 4.52 Å². The van der Waals surface area contributed by atoms with Crippen LogP contribution in [0.15, 0.2) is 6.20 Å². The van der Waals surface area contributed by atoms with Crippen molar-refractivity contribution in [2.24, 2.45) is 5.73 Å². The molecule has 0 aromatic carbocycles. The molecule has 0 saturated carbocycles. The summed E-state index contributed by atoms with van der Waals surface area (Å²) < 4.78 is 37.9. The number of alkyl halides is 3. The lowest BCUT2D eigenvalue weighted by molar-refractivity contribution is -0.138. The van der Waals surface area contributed by atoms with Gasteiger partial charge in [-0.15, -0.1) is 5.10 Å². The Morgan fingerprint density at radius 1 is 1.47 bits per heavy atom. The highest BCUT2D eigenvalue weighted by molar-refractivity contribution is 7.16. The van der Waals surface area contributed by atoms with Gasteiger partial charge in [0.05, 0.1) is 11.9 Å². The number of hydrogen-bond donors (Lipinski definition) is 1. The second-order valence-corrected chi connectivity index (χ2v) is 3.86. The first-order valence-corrected chi connectivity index (χ1v) is 4.94. The first-order valence-electron chi connectivity index (χ1n) is 4.13. The zero-order valence-corrected chi connectivity index (χ0v) is 8.27. The van der Waals surface area contributed by atoms with Crippen molar-refractivity contribution in [1.82, 2.24) is 14.6 Å². The summed E-state index contributed by atoms with van der Waals surface area (Å²) in [6.07, 6.45) is -2.40. The number of nitrogens with two attached hydrogens (primary N) is 1. The molecular weight excluding hydrogens is 229 g/mol. The summed E-state index contributed by atoms with van der Waals surface area (Å²) in [6, 6.07) is 0. The first-order chi connectivity index (χ1) is 7.00. The van der Waals surface area contributed by atoms with Gasteiger partial charge >= 0.3 is 6.18 Å². The fourth-order valence-corrected chi connectivity index (χ4v) is 1.90. The van der Waals surface area contributed by atoms with Crippen molar-refractivity contribution in [2.75, 3.05) is 6.54 Å². The molecule has 2 aromatic heterocycles. The SMILES string of the molecule is NCCc1cn2nc(C(F)(F)F)sc2n1. The summed E-state index contributed by atoms with van der Waals surface area (Å²) in [5.74, 6) is 0. The van der Waals surface area contributed by atoms with Gasteiger partial charge in [-0.2, -0.15) is 13.2 Å². The van der Waals surface area contributed by atoms with E-state index in [0.29, 0.717) is 30.0 Å². The molecule has 0 bridgehead atoms. The third kappa shape index (κ3) is 1.95. The van der Waals surface area contributed by atoms with Crippen molar-refractivity contribution in [2.45, 2.75) is 12.6 Å². The Morgan fingerprint density at radius 2 is 2.20 bits per heavy atom. The molecule has 82 valence electrons. The van der Waals surface area contributed by atoms with E-state index in [9.17, 15) is 13.2 Å². The second kappa shape index (κ2) is 3.46. The van der Waals surface area contributed by atoms with Crippen LogP contribution in [0, 0.1) is 0 Å². The maximum atomic E-state index is 12.2. The highest BCUT2D eigenvalue weighted by Gasteiger charge is 2.35. The standard InChI is InChI=1S/C7H7F3N4S/c8-7(9,10)5-13-14-3-4(1-2-11)12-6(14)15-5/h3H,1-2,11H2. The molecule has 4 nitrogen and oxygen atoms in total. The van der Waals surface area contributed by atoms with Crippen molar-refractivity contribution >= 4 is 16.3 Å². The average molecular weight is 236 g/mol. The number of imidazole rings is 1. The van der Waals surface area contributed by atoms with Gasteiger partial charge in [-0.25, -0.2) is 9.50 Å². The first kappa shape index (κ1) is 10.4. The predicted molar refractivity (Wildman–Crippen MR) is 48.6 cm³/mol. The van der Waals surface area contributed by atoms with E-state index in [1.165, 1.54) is 6.20 Å². The smallest absolute Gasteiger partial charge is 0.330 e. The molecule has 0 aliphatic carbocycles. The summed E-state index contributed by atoms with van der Waals surface area (Å²) in [4.78, 5) is 4.22. The van der Waals surface area contributed by atoms with E-state index >= 15 is 0 Å². The number of hydrogen-bond acceptors (Lipinski definition) is 4. The van der Waals surface area contributed by atoms with Gasteiger partial charge in [-0.1, -0.05) is 11.3 Å². The van der Waals surface area contributed by atoms with Crippen LogP contribution in [-0.2, 0) is 12.6 Å². The molecule has 0 spiro atoms. The summed E-state index contributed by atoms with van der Waals surface area (Å²) in [5.41, 5.74) is 5.96. The molecule has 2 N–H and O–H groups in total. The molecule has 0 radical (unpaired) electrons. The molecule has 2 aromatic rings. The summed E-state index contributed by atoms with van der Waals surface area (Å²) >= 11 is 0.526. The van der Waals surface area contributed by atoms with Crippen LogP contribution in [0.2, 0.25) is 0 Å². The summed E-state index contributed by atoms with van der Waals surface area (Å²) in [6.45, 7) is 0.414. The lowest BCUT2D eigenvalue weighted by atomic mass is 10.3. The molecule has 0 atom stereocenters. The monoisotopic (exact) mass is 236 g/mol. The molecule has 0 amide bonds. The van der Waals surface area contributed by atoms with E-state index in [2.05, 4.69) is 10.1 Å². The molecule has 0 aliphatic rings. The maximum absolute atomic E-state index is 12.2. The highest BCUT2D eigenvalue weighted by atomic mass is 32.1. The molecule has 0 unspecified atom stereocenters. The third-order valence-electron chi connectivity index (χ3n) is 1.74. The zero-order chi connectivity index (χ0) is 11.1. The van der Waals surface area contributed by atoms with Crippen molar-refractivity contribution in [3.63, 3.8) is 0 Å². The Kier molecular flexibility index (Phi) is 2.39. The minimum atomic E-state index is -4.40. The summed E-state index contributed by atoms with van der Waals surface area (Å²) in [7, 11) is 0. The molecule has 0 fully saturated rings. The van der Waals surface area contributed by atoms with Gasteiger partial charge < -0.3 is 5.73 Å². The van der Waals surface area contributed by atoms with E-state index < -0.39 is 11.2 Å². The Hall–Kier alpha value is -1.15. The Morgan fingerprint density at radius 3 is 2.73 bits per heavy atom. The second-order valence-electron chi connectivity index (χ2n) is 2.90. The van der Waals surface area contributed by atoms with Gasteiger partial charge in [0.25, 0.3) is 0 Å². The Bertz CT molecular complexity index is 440. The van der Waals surface area contributed by atoms with Crippen LogP contribution in [0.3, 0.4) is 0 Å². The van der Waals surface area contributed by atoms with Crippen LogP contribution in [-0.4, -0.2) is 21.1 Å². The molecule has 2 heterocycles. The Labute approximate surface area is 86.5 Å². The van der Waals surface area contributed by atoms with E-state index in [1.807, 2.05) is 0 Å². The van der Waals surface area contributed by atoms with Crippen molar-refractivity contribution < 1.29 is 13.2 Å². The lowest BCUT2D eigenvalue weighted by Gasteiger charge is -1.97. The van der Waals surface area contributed by atoms with Crippen LogP contribution in [0.1, 0.15) is 10.7 Å².